The Bertz CT molecular complexity index is 310. The van der Waals surface area contributed by atoms with Crippen LogP contribution in [0.1, 0.15) is 72.1 Å². The highest BCUT2D eigenvalue weighted by molar-refractivity contribution is 5.78. The minimum absolute atomic E-state index is 0.240. The fourth-order valence-corrected chi connectivity index (χ4v) is 3.92. The monoisotopic (exact) mass is 280 g/mol. The summed E-state index contributed by atoms with van der Waals surface area (Å²) in [5.74, 6) is 0.885. The molecule has 2 rings (SSSR count). The number of amides is 1. The molecule has 0 aliphatic heterocycles. The van der Waals surface area contributed by atoms with Crippen molar-refractivity contribution in [3.8, 4) is 0 Å². The Labute approximate surface area is 124 Å². The lowest BCUT2D eigenvalue weighted by molar-refractivity contribution is -0.124. The van der Waals surface area contributed by atoms with E-state index in [0.717, 1.165) is 6.42 Å². The van der Waals surface area contributed by atoms with Crippen LogP contribution in [-0.4, -0.2) is 35.5 Å². The molecule has 0 heterocycles. The van der Waals surface area contributed by atoms with Gasteiger partial charge in [0.15, 0.2) is 0 Å². The first-order chi connectivity index (χ1) is 9.58. The highest BCUT2D eigenvalue weighted by Crippen LogP contribution is 2.26. The van der Waals surface area contributed by atoms with Crippen LogP contribution >= 0.6 is 0 Å². The third-order valence-electron chi connectivity index (χ3n) is 5.24. The summed E-state index contributed by atoms with van der Waals surface area (Å²) in [4.78, 5) is 14.8. The standard InChI is InChI=1S/C17H32N2O/c1-13(2)19(15-9-5-6-10-15)12-17(20)18-16-11-7-4-8-14(16)3/h13-16H,4-12H2,1-3H3,(H,18,20). The molecule has 2 aliphatic rings. The molecule has 20 heavy (non-hydrogen) atoms. The predicted octanol–water partition coefficient (Wildman–Crippen LogP) is 3.33. The summed E-state index contributed by atoms with van der Waals surface area (Å²) in [7, 11) is 0. The van der Waals surface area contributed by atoms with Crippen LogP contribution in [0.2, 0.25) is 0 Å². The Morgan fingerprint density at radius 3 is 2.30 bits per heavy atom. The van der Waals surface area contributed by atoms with Crippen LogP contribution in [0.25, 0.3) is 0 Å². The third-order valence-corrected chi connectivity index (χ3v) is 5.24. The van der Waals surface area contributed by atoms with Gasteiger partial charge in [-0.05, 0) is 45.4 Å². The normalized spacial score (nSPS) is 28.2. The molecule has 3 nitrogen and oxygen atoms in total. The van der Waals surface area contributed by atoms with Crippen LogP contribution in [0.5, 0.6) is 0 Å². The van der Waals surface area contributed by atoms with Gasteiger partial charge in [-0.15, -0.1) is 0 Å². The molecular weight excluding hydrogens is 248 g/mol. The van der Waals surface area contributed by atoms with Crippen molar-refractivity contribution >= 4 is 5.91 Å². The molecule has 0 spiro atoms. The summed E-state index contributed by atoms with van der Waals surface area (Å²) >= 11 is 0. The minimum atomic E-state index is 0.240. The summed E-state index contributed by atoms with van der Waals surface area (Å²) < 4.78 is 0. The molecular formula is C17H32N2O. The molecule has 2 unspecified atom stereocenters. The average molecular weight is 280 g/mol. The maximum absolute atomic E-state index is 12.4. The van der Waals surface area contributed by atoms with Crippen LogP contribution in [0, 0.1) is 5.92 Å². The Balaban J connectivity index is 1.84. The molecule has 2 saturated carbocycles. The van der Waals surface area contributed by atoms with Gasteiger partial charge < -0.3 is 5.32 Å². The number of carbonyl (C=O) groups is 1. The van der Waals surface area contributed by atoms with E-state index in [9.17, 15) is 4.79 Å². The first-order valence-corrected chi connectivity index (χ1v) is 8.63. The Hall–Kier alpha value is -0.570. The fraction of sp³-hybridized carbons (Fsp3) is 0.941. The van der Waals surface area contributed by atoms with E-state index in [2.05, 4.69) is 31.0 Å². The molecule has 0 bridgehead atoms. The molecule has 0 aromatic rings. The van der Waals surface area contributed by atoms with Crippen molar-refractivity contribution in [2.24, 2.45) is 5.92 Å². The third kappa shape index (κ3) is 4.21. The van der Waals surface area contributed by atoms with Gasteiger partial charge in [0, 0.05) is 18.1 Å². The van der Waals surface area contributed by atoms with Crippen molar-refractivity contribution in [3.05, 3.63) is 0 Å². The molecule has 0 saturated heterocycles. The lowest BCUT2D eigenvalue weighted by atomic mass is 9.86. The molecule has 2 fully saturated rings. The number of nitrogens with one attached hydrogen (secondary N) is 1. The summed E-state index contributed by atoms with van der Waals surface area (Å²) in [5.41, 5.74) is 0. The highest BCUT2D eigenvalue weighted by Gasteiger charge is 2.28. The van der Waals surface area contributed by atoms with Crippen molar-refractivity contribution < 1.29 is 4.79 Å². The minimum Gasteiger partial charge on any atom is -0.352 e. The van der Waals surface area contributed by atoms with Crippen LogP contribution in [0.4, 0.5) is 0 Å². The van der Waals surface area contributed by atoms with E-state index in [0.29, 0.717) is 30.6 Å². The summed E-state index contributed by atoms with van der Waals surface area (Å²) in [6.07, 6.45) is 10.2. The van der Waals surface area contributed by atoms with E-state index in [4.69, 9.17) is 0 Å². The number of carbonyl (C=O) groups excluding carboxylic acids is 1. The van der Waals surface area contributed by atoms with Gasteiger partial charge in [-0.3, -0.25) is 9.69 Å². The van der Waals surface area contributed by atoms with Crippen molar-refractivity contribution in [1.82, 2.24) is 10.2 Å². The largest absolute Gasteiger partial charge is 0.352 e. The van der Waals surface area contributed by atoms with Crippen molar-refractivity contribution in [2.75, 3.05) is 6.54 Å². The molecule has 2 atom stereocenters. The zero-order valence-corrected chi connectivity index (χ0v) is 13.5. The maximum Gasteiger partial charge on any atom is 0.234 e. The number of nitrogens with zero attached hydrogens (tertiary/aromatic N) is 1. The zero-order valence-electron chi connectivity index (χ0n) is 13.5. The van der Waals surface area contributed by atoms with E-state index in [1.807, 2.05) is 0 Å². The molecule has 116 valence electrons. The highest BCUT2D eigenvalue weighted by atomic mass is 16.2. The van der Waals surface area contributed by atoms with Gasteiger partial charge in [0.25, 0.3) is 0 Å². The van der Waals surface area contributed by atoms with Gasteiger partial charge in [-0.1, -0.05) is 32.6 Å². The first kappa shape index (κ1) is 15.8. The van der Waals surface area contributed by atoms with E-state index >= 15 is 0 Å². The van der Waals surface area contributed by atoms with Crippen LogP contribution in [0.3, 0.4) is 0 Å². The second-order valence-electron chi connectivity index (χ2n) is 7.14. The second kappa shape index (κ2) is 7.44. The van der Waals surface area contributed by atoms with E-state index in [-0.39, 0.29) is 5.91 Å². The first-order valence-electron chi connectivity index (χ1n) is 8.63. The SMILES string of the molecule is CC1CCCCC1NC(=O)CN(C(C)C)C1CCCC1. The van der Waals surface area contributed by atoms with E-state index in [1.54, 1.807) is 0 Å². The van der Waals surface area contributed by atoms with E-state index in [1.165, 1.54) is 44.9 Å². The maximum atomic E-state index is 12.4. The van der Waals surface area contributed by atoms with Crippen LogP contribution < -0.4 is 5.32 Å². The van der Waals surface area contributed by atoms with Gasteiger partial charge in [-0.25, -0.2) is 0 Å². The number of hydrogen-bond acceptors (Lipinski definition) is 2. The average Bonchev–Trinajstić information content (AvgIpc) is 2.92. The molecule has 2 aliphatic carbocycles. The molecule has 0 aromatic carbocycles. The van der Waals surface area contributed by atoms with Crippen molar-refractivity contribution in [1.29, 1.82) is 0 Å². The smallest absolute Gasteiger partial charge is 0.234 e. The quantitative estimate of drug-likeness (QED) is 0.837. The molecule has 3 heteroatoms. The van der Waals surface area contributed by atoms with E-state index < -0.39 is 0 Å². The zero-order chi connectivity index (χ0) is 14.5. The summed E-state index contributed by atoms with van der Waals surface area (Å²) in [5, 5.41) is 3.30. The van der Waals surface area contributed by atoms with Crippen LogP contribution in [-0.2, 0) is 4.79 Å². The van der Waals surface area contributed by atoms with Gasteiger partial charge >= 0.3 is 0 Å². The fourth-order valence-electron chi connectivity index (χ4n) is 3.92. The van der Waals surface area contributed by atoms with Crippen molar-refractivity contribution in [2.45, 2.75) is 90.3 Å². The van der Waals surface area contributed by atoms with Crippen LogP contribution in [0.15, 0.2) is 0 Å². The van der Waals surface area contributed by atoms with Gasteiger partial charge in [0.05, 0.1) is 6.54 Å². The molecule has 1 amide bonds. The van der Waals surface area contributed by atoms with Gasteiger partial charge in [-0.2, -0.15) is 0 Å². The predicted molar refractivity (Wildman–Crippen MR) is 83.7 cm³/mol. The second-order valence-corrected chi connectivity index (χ2v) is 7.14. The summed E-state index contributed by atoms with van der Waals surface area (Å²) in [6, 6.07) is 1.51. The number of hydrogen-bond donors (Lipinski definition) is 1. The molecule has 0 aromatic heterocycles. The Kier molecular flexibility index (Phi) is 5.88. The lowest BCUT2D eigenvalue weighted by Gasteiger charge is -2.34. The lowest BCUT2D eigenvalue weighted by Crippen LogP contribution is -2.49. The topological polar surface area (TPSA) is 32.3 Å². The van der Waals surface area contributed by atoms with Gasteiger partial charge in [0.2, 0.25) is 5.91 Å². The Morgan fingerprint density at radius 2 is 1.70 bits per heavy atom. The molecule has 0 radical (unpaired) electrons. The summed E-state index contributed by atoms with van der Waals surface area (Å²) in [6.45, 7) is 7.30. The Morgan fingerprint density at radius 1 is 1.10 bits per heavy atom. The van der Waals surface area contributed by atoms with Crippen molar-refractivity contribution in [3.63, 3.8) is 0 Å². The molecule has 1 N–H and O–H groups in total. The number of rotatable bonds is 5. The van der Waals surface area contributed by atoms with Gasteiger partial charge in [0.1, 0.15) is 0 Å².